The van der Waals surface area contributed by atoms with Crippen molar-refractivity contribution in [1.29, 1.82) is 0 Å². The van der Waals surface area contributed by atoms with Crippen molar-refractivity contribution < 1.29 is 15.0 Å². The van der Waals surface area contributed by atoms with E-state index < -0.39 is 11.7 Å². The van der Waals surface area contributed by atoms with Gasteiger partial charge < -0.3 is 15.5 Å². The van der Waals surface area contributed by atoms with E-state index in [1.807, 2.05) is 19.1 Å². The van der Waals surface area contributed by atoms with Crippen molar-refractivity contribution in [3.05, 3.63) is 35.7 Å². The molecule has 0 aliphatic heterocycles. The summed E-state index contributed by atoms with van der Waals surface area (Å²) in [5, 5.41) is 26.4. The second kappa shape index (κ2) is 8.97. The molecule has 3 fully saturated rings. The fraction of sp³-hybridized carbons (Fsp3) is 0.735. The molecule has 0 bridgehead atoms. The van der Waals surface area contributed by atoms with Crippen LogP contribution in [0, 0.1) is 39.9 Å². The van der Waals surface area contributed by atoms with Gasteiger partial charge in [0.2, 0.25) is 5.91 Å². The highest BCUT2D eigenvalue weighted by Gasteiger charge is 2.71. The van der Waals surface area contributed by atoms with Gasteiger partial charge >= 0.3 is 0 Å². The second-order valence-corrected chi connectivity index (χ2v) is 15.4. The summed E-state index contributed by atoms with van der Waals surface area (Å²) in [6, 6.07) is 8.22. The Bertz CT molecular complexity index is 1340. The lowest BCUT2D eigenvalue weighted by atomic mass is 9.35. The zero-order valence-corrected chi connectivity index (χ0v) is 25.6. The van der Waals surface area contributed by atoms with Crippen LogP contribution in [0.1, 0.15) is 97.9 Å². The maximum Gasteiger partial charge on any atom is 0.219 e. The molecule has 1 aromatic carbocycles. The maximum atomic E-state index is 12.0. The molecule has 0 unspecified atom stereocenters. The van der Waals surface area contributed by atoms with E-state index in [4.69, 9.17) is 9.97 Å². The Labute approximate surface area is 239 Å². The van der Waals surface area contributed by atoms with E-state index in [1.165, 1.54) is 0 Å². The zero-order chi connectivity index (χ0) is 28.9. The van der Waals surface area contributed by atoms with Crippen molar-refractivity contribution in [3.63, 3.8) is 0 Å². The van der Waals surface area contributed by atoms with Gasteiger partial charge in [0.15, 0.2) is 0 Å². The Hall–Kier alpha value is -2.05. The molecule has 0 spiro atoms. The van der Waals surface area contributed by atoms with Crippen LogP contribution >= 0.6 is 0 Å². The second-order valence-electron chi connectivity index (χ2n) is 15.4. The van der Waals surface area contributed by atoms with Crippen LogP contribution in [0.3, 0.4) is 0 Å². The molecule has 0 radical (unpaired) electrons. The summed E-state index contributed by atoms with van der Waals surface area (Å²) < 4.78 is 0. The number of benzene rings is 1. The first-order valence-electron chi connectivity index (χ1n) is 15.6. The molecule has 1 aromatic heterocycles. The van der Waals surface area contributed by atoms with Gasteiger partial charge in [-0.2, -0.15) is 0 Å². The Morgan fingerprint density at radius 1 is 1.02 bits per heavy atom. The number of fused-ring (bicyclic) bond motifs is 7. The lowest BCUT2D eigenvalue weighted by Crippen LogP contribution is -2.66. The number of carbonyl (C=O) groups excluding carboxylic acids is 1. The van der Waals surface area contributed by atoms with Crippen molar-refractivity contribution in [2.24, 2.45) is 39.9 Å². The van der Waals surface area contributed by atoms with E-state index in [2.05, 4.69) is 52.1 Å². The quantitative estimate of drug-likeness (QED) is 0.465. The fourth-order valence-electron chi connectivity index (χ4n) is 11.1. The van der Waals surface area contributed by atoms with Crippen molar-refractivity contribution >= 4 is 16.9 Å². The summed E-state index contributed by atoms with van der Waals surface area (Å²) in [5.41, 5.74) is 3.11. The van der Waals surface area contributed by atoms with Gasteiger partial charge in [-0.15, -0.1) is 0 Å². The first kappa shape index (κ1) is 28.1. The van der Waals surface area contributed by atoms with Crippen LogP contribution in [-0.2, 0) is 16.6 Å². The molecule has 2 aromatic rings. The molecular weight excluding hydrogens is 498 g/mol. The number of nitrogens with zero attached hydrogens (tertiary/aromatic N) is 2. The van der Waals surface area contributed by atoms with E-state index in [0.717, 1.165) is 60.9 Å². The average Bonchev–Trinajstić information content (AvgIpc) is 3.28. The molecule has 3 saturated carbocycles. The zero-order valence-electron chi connectivity index (χ0n) is 25.6. The van der Waals surface area contributed by atoms with Crippen LogP contribution in [0.5, 0.6) is 0 Å². The minimum Gasteiger partial charge on any atom is -0.393 e. The van der Waals surface area contributed by atoms with E-state index >= 15 is 0 Å². The third-order valence-corrected chi connectivity index (χ3v) is 13.3. The van der Waals surface area contributed by atoms with Crippen molar-refractivity contribution in [2.75, 3.05) is 7.05 Å². The molecule has 1 heterocycles. The number of amides is 1. The summed E-state index contributed by atoms with van der Waals surface area (Å²) in [7, 11) is 1.64. The Morgan fingerprint density at radius 2 is 1.68 bits per heavy atom. The molecule has 1 amide bonds. The largest absolute Gasteiger partial charge is 0.393 e. The first-order chi connectivity index (χ1) is 18.7. The van der Waals surface area contributed by atoms with Crippen LogP contribution in [-0.4, -0.2) is 44.8 Å². The van der Waals surface area contributed by atoms with Crippen molar-refractivity contribution in [2.45, 2.75) is 110 Å². The minimum absolute atomic E-state index is 0.00455. The number of para-hydroxylation sites is 2. The van der Waals surface area contributed by atoms with Gasteiger partial charge in [0.05, 0.1) is 34.1 Å². The number of aliphatic hydroxyl groups excluding tert-OH is 1. The van der Waals surface area contributed by atoms with Crippen LogP contribution in [0.4, 0.5) is 0 Å². The number of aromatic nitrogens is 2. The van der Waals surface area contributed by atoms with Crippen LogP contribution in [0.15, 0.2) is 24.3 Å². The average molecular weight is 548 g/mol. The van der Waals surface area contributed by atoms with E-state index in [1.54, 1.807) is 7.05 Å². The first-order valence-corrected chi connectivity index (χ1v) is 15.6. The molecule has 9 atom stereocenters. The molecule has 218 valence electrons. The molecule has 0 saturated heterocycles. The topological polar surface area (TPSA) is 95.3 Å². The number of carbonyl (C=O) groups is 1. The summed E-state index contributed by atoms with van der Waals surface area (Å²) in [5.74, 6) is 0.786. The molecule has 4 aliphatic carbocycles. The Kier molecular flexibility index (Phi) is 6.30. The third kappa shape index (κ3) is 3.70. The van der Waals surface area contributed by atoms with Gasteiger partial charge in [-0.25, -0.2) is 9.97 Å². The predicted molar refractivity (Wildman–Crippen MR) is 158 cm³/mol. The van der Waals surface area contributed by atoms with Crippen molar-refractivity contribution in [1.82, 2.24) is 15.3 Å². The van der Waals surface area contributed by atoms with Gasteiger partial charge in [0.1, 0.15) is 0 Å². The SMILES string of the molecule is CNC(=O)CC[C@](C)(O)[C@H]1CC[C@]2(C)[C@@H]1[C@H](O)C[C@@H]1[C@@]3(C)Cc4nc5ccccc5nc4C(C)(C)[C@@H]3CC[C@]12C. The molecule has 4 aliphatic rings. The number of hydrogen-bond acceptors (Lipinski definition) is 5. The van der Waals surface area contributed by atoms with Gasteiger partial charge in [-0.05, 0) is 104 Å². The van der Waals surface area contributed by atoms with Gasteiger partial charge in [-0.1, -0.05) is 46.8 Å². The van der Waals surface area contributed by atoms with Crippen LogP contribution < -0.4 is 5.32 Å². The molecular formula is C34H49N3O3. The molecule has 3 N–H and O–H groups in total. The third-order valence-electron chi connectivity index (χ3n) is 13.3. The molecule has 6 nitrogen and oxygen atoms in total. The van der Waals surface area contributed by atoms with Gasteiger partial charge in [0.25, 0.3) is 0 Å². The fourth-order valence-corrected chi connectivity index (χ4v) is 11.1. The highest BCUT2D eigenvalue weighted by Crippen LogP contribution is 2.75. The number of nitrogens with one attached hydrogen (secondary N) is 1. The van der Waals surface area contributed by atoms with Crippen molar-refractivity contribution in [3.8, 4) is 0 Å². The Balaban J connectivity index is 1.38. The monoisotopic (exact) mass is 547 g/mol. The summed E-state index contributed by atoms with van der Waals surface area (Å²) >= 11 is 0. The lowest BCUT2D eigenvalue weighted by molar-refractivity contribution is -0.224. The number of rotatable bonds is 4. The lowest BCUT2D eigenvalue weighted by Gasteiger charge is -2.69. The number of aliphatic hydroxyl groups is 2. The summed E-state index contributed by atoms with van der Waals surface area (Å²) in [6.45, 7) is 14.1. The van der Waals surface area contributed by atoms with Crippen LogP contribution in [0.25, 0.3) is 11.0 Å². The smallest absolute Gasteiger partial charge is 0.219 e. The summed E-state index contributed by atoms with van der Waals surface area (Å²) in [4.78, 5) is 22.4. The van der Waals surface area contributed by atoms with Crippen LogP contribution in [0.2, 0.25) is 0 Å². The highest BCUT2D eigenvalue weighted by atomic mass is 16.3. The maximum absolute atomic E-state index is 12.0. The Morgan fingerprint density at radius 3 is 2.35 bits per heavy atom. The van der Waals surface area contributed by atoms with E-state index in [-0.39, 0.29) is 39.4 Å². The molecule has 40 heavy (non-hydrogen) atoms. The summed E-state index contributed by atoms with van der Waals surface area (Å²) in [6.07, 6.45) is 6.10. The predicted octanol–water partition coefficient (Wildman–Crippen LogP) is 5.58. The van der Waals surface area contributed by atoms with E-state index in [9.17, 15) is 15.0 Å². The van der Waals surface area contributed by atoms with E-state index in [0.29, 0.717) is 24.7 Å². The normalized spacial score (nSPS) is 41.3. The van der Waals surface area contributed by atoms with Gasteiger partial charge in [0, 0.05) is 18.9 Å². The minimum atomic E-state index is -0.983. The standard InChI is InChI=1S/C34H49N3O3/c1-30(2)25-13-16-32(4)26(31(25,3)19-23-29(30)37-22-11-9-8-10-21(22)36-23)18-24(38)28-20(12-15-33(28,32)5)34(6,40)17-14-27(39)35-7/h8-11,20,24-26,28,38,40H,12-19H2,1-7H3,(H,35,39)/t20-,24+,25-,26+,28-,31-,32+,33+,34-/m0/s1. The molecule has 6 heteroatoms. The van der Waals surface area contributed by atoms with Gasteiger partial charge in [-0.3, -0.25) is 4.79 Å². The number of hydrogen-bond donors (Lipinski definition) is 3. The highest BCUT2D eigenvalue weighted by molar-refractivity contribution is 5.75. The molecule has 6 rings (SSSR count).